The van der Waals surface area contributed by atoms with Crippen molar-refractivity contribution in [3.63, 3.8) is 0 Å². The number of piperazine rings is 1. The maximum Gasteiger partial charge on any atom is 0.243 e. The molecule has 2 rings (SSSR count). The number of hydrogen-bond donors (Lipinski definition) is 1. The summed E-state index contributed by atoms with van der Waals surface area (Å²) in [6, 6.07) is 4.28. The van der Waals surface area contributed by atoms with Gasteiger partial charge in [0.1, 0.15) is 10.7 Å². The van der Waals surface area contributed by atoms with Crippen LogP contribution in [0.2, 0.25) is 0 Å². The van der Waals surface area contributed by atoms with Crippen molar-refractivity contribution in [3.05, 3.63) is 29.6 Å². The highest BCUT2D eigenvalue weighted by molar-refractivity contribution is 7.89. The zero-order valence-corrected chi connectivity index (χ0v) is 15.7. The predicted octanol–water partition coefficient (Wildman–Crippen LogP) is 1.68. The Morgan fingerprint density at radius 2 is 1.83 bits per heavy atom. The first-order chi connectivity index (χ1) is 11.2. The van der Waals surface area contributed by atoms with Crippen LogP contribution in [0.1, 0.15) is 19.4 Å². The van der Waals surface area contributed by atoms with Crippen molar-refractivity contribution in [1.29, 1.82) is 0 Å². The lowest BCUT2D eigenvalue weighted by molar-refractivity contribution is 0.0905. The summed E-state index contributed by atoms with van der Waals surface area (Å²) < 4.78 is 41.5. The van der Waals surface area contributed by atoms with E-state index < -0.39 is 15.8 Å². The molecule has 0 aromatic heterocycles. The second kappa shape index (κ2) is 7.91. The molecule has 1 aliphatic heterocycles. The molecular formula is C17H28FN3O2S. The minimum atomic E-state index is -3.85. The molecule has 1 aliphatic rings. The van der Waals surface area contributed by atoms with Crippen LogP contribution in [0.4, 0.5) is 4.39 Å². The summed E-state index contributed by atoms with van der Waals surface area (Å²) in [6.45, 7) is 9.98. The van der Waals surface area contributed by atoms with Gasteiger partial charge in [-0.25, -0.2) is 17.5 Å². The second-order valence-electron chi connectivity index (χ2n) is 6.94. The third-order valence-corrected chi connectivity index (χ3v) is 6.09. The molecule has 1 unspecified atom stereocenters. The van der Waals surface area contributed by atoms with E-state index in [4.69, 9.17) is 0 Å². The van der Waals surface area contributed by atoms with Gasteiger partial charge in [0.15, 0.2) is 0 Å². The molecule has 0 spiro atoms. The van der Waals surface area contributed by atoms with Crippen molar-refractivity contribution >= 4 is 10.0 Å². The Labute approximate surface area is 144 Å². The van der Waals surface area contributed by atoms with Gasteiger partial charge in [-0.3, -0.25) is 4.90 Å². The summed E-state index contributed by atoms with van der Waals surface area (Å²) in [7, 11) is -1.76. The molecule has 0 radical (unpaired) electrons. The molecule has 0 saturated carbocycles. The highest BCUT2D eigenvalue weighted by Crippen LogP contribution is 2.17. The Bertz CT molecular complexity index is 656. The highest BCUT2D eigenvalue weighted by atomic mass is 32.2. The lowest BCUT2D eigenvalue weighted by atomic mass is 10.0. The van der Waals surface area contributed by atoms with E-state index in [0.717, 1.165) is 26.2 Å². The monoisotopic (exact) mass is 357 g/mol. The van der Waals surface area contributed by atoms with Gasteiger partial charge in [0.05, 0.1) is 0 Å². The SMILES string of the molecule is Cc1ccc(S(=O)(=O)NCC(C(C)C)N2CCN(C)CC2)c(F)c1. The quantitative estimate of drug-likeness (QED) is 0.842. The lowest BCUT2D eigenvalue weighted by Gasteiger charge is -2.39. The summed E-state index contributed by atoms with van der Waals surface area (Å²) in [5, 5.41) is 0. The van der Waals surface area contributed by atoms with Crippen molar-refractivity contribution in [1.82, 2.24) is 14.5 Å². The fourth-order valence-corrected chi connectivity index (χ4v) is 4.15. The molecule has 1 saturated heterocycles. The molecule has 24 heavy (non-hydrogen) atoms. The number of aryl methyl sites for hydroxylation is 1. The zero-order valence-electron chi connectivity index (χ0n) is 14.9. The minimum absolute atomic E-state index is 0.0991. The van der Waals surface area contributed by atoms with Crippen molar-refractivity contribution in [2.75, 3.05) is 39.8 Å². The molecule has 1 atom stereocenters. The molecule has 1 fully saturated rings. The van der Waals surface area contributed by atoms with Gasteiger partial charge in [-0.05, 0) is 37.6 Å². The van der Waals surface area contributed by atoms with E-state index in [0.29, 0.717) is 11.5 Å². The average molecular weight is 357 g/mol. The lowest BCUT2D eigenvalue weighted by Crippen LogP contribution is -2.54. The molecule has 1 aromatic carbocycles. The zero-order chi connectivity index (χ0) is 17.9. The van der Waals surface area contributed by atoms with Gasteiger partial charge >= 0.3 is 0 Å². The topological polar surface area (TPSA) is 52.7 Å². The van der Waals surface area contributed by atoms with Gasteiger partial charge in [0, 0.05) is 38.8 Å². The van der Waals surface area contributed by atoms with E-state index >= 15 is 0 Å². The van der Waals surface area contributed by atoms with E-state index in [1.807, 2.05) is 0 Å². The van der Waals surface area contributed by atoms with Gasteiger partial charge < -0.3 is 4.90 Å². The van der Waals surface area contributed by atoms with Crippen LogP contribution in [0.3, 0.4) is 0 Å². The number of nitrogens with zero attached hydrogens (tertiary/aromatic N) is 2. The first kappa shape index (κ1) is 19.3. The van der Waals surface area contributed by atoms with Crippen LogP contribution in [0.15, 0.2) is 23.1 Å². The van der Waals surface area contributed by atoms with Gasteiger partial charge in [-0.1, -0.05) is 19.9 Å². The molecule has 5 nitrogen and oxygen atoms in total. The number of likely N-dealkylation sites (N-methyl/N-ethyl adjacent to an activating group) is 1. The summed E-state index contributed by atoms with van der Waals surface area (Å²) in [5.41, 5.74) is 0.698. The van der Waals surface area contributed by atoms with E-state index in [1.165, 1.54) is 12.1 Å². The van der Waals surface area contributed by atoms with Gasteiger partial charge in [0.25, 0.3) is 0 Å². The van der Waals surface area contributed by atoms with E-state index in [1.54, 1.807) is 13.0 Å². The van der Waals surface area contributed by atoms with Crippen LogP contribution in [0.5, 0.6) is 0 Å². The maximum atomic E-state index is 14.0. The summed E-state index contributed by atoms with van der Waals surface area (Å²) in [4.78, 5) is 4.30. The molecule has 0 bridgehead atoms. The summed E-state index contributed by atoms with van der Waals surface area (Å²) in [6.07, 6.45) is 0. The molecule has 1 aromatic rings. The van der Waals surface area contributed by atoms with Crippen LogP contribution in [0, 0.1) is 18.7 Å². The molecule has 1 heterocycles. The molecule has 7 heteroatoms. The van der Waals surface area contributed by atoms with Crippen molar-refractivity contribution in [2.24, 2.45) is 5.92 Å². The highest BCUT2D eigenvalue weighted by Gasteiger charge is 2.27. The average Bonchev–Trinajstić information content (AvgIpc) is 2.48. The van der Waals surface area contributed by atoms with Crippen LogP contribution in [0.25, 0.3) is 0 Å². The third kappa shape index (κ3) is 4.75. The minimum Gasteiger partial charge on any atom is -0.304 e. The fourth-order valence-electron chi connectivity index (χ4n) is 3.04. The smallest absolute Gasteiger partial charge is 0.243 e. The number of nitrogens with one attached hydrogen (secondary N) is 1. The third-order valence-electron chi connectivity index (χ3n) is 4.64. The van der Waals surface area contributed by atoms with E-state index in [2.05, 4.69) is 35.4 Å². The Morgan fingerprint density at radius 1 is 1.21 bits per heavy atom. The molecule has 0 amide bonds. The fraction of sp³-hybridized carbons (Fsp3) is 0.647. The Hall–Kier alpha value is -1.02. The van der Waals surface area contributed by atoms with Crippen LogP contribution in [-0.4, -0.2) is 64.0 Å². The van der Waals surface area contributed by atoms with Crippen molar-refractivity contribution in [2.45, 2.75) is 31.7 Å². The van der Waals surface area contributed by atoms with E-state index in [9.17, 15) is 12.8 Å². The summed E-state index contributed by atoms with van der Waals surface area (Å²) in [5.74, 6) is -0.401. The summed E-state index contributed by atoms with van der Waals surface area (Å²) >= 11 is 0. The van der Waals surface area contributed by atoms with Crippen LogP contribution < -0.4 is 4.72 Å². The van der Waals surface area contributed by atoms with Gasteiger partial charge in [-0.15, -0.1) is 0 Å². The van der Waals surface area contributed by atoms with Gasteiger partial charge in [0.2, 0.25) is 10.0 Å². The number of rotatable bonds is 6. The standard InChI is InChI=1S/C17H28FN3O2S/c1-13(2)16(21-9-7-20(4)8-10-21)12-19-24(22,23)17-6-5-14(3)11-15(17)18/h5-6,11,13,16,19H,7-10,12H2,1-4H3. The normalized spacial score (nSPS) is 18.9. The van der Waals surface area contributed by atoms with Crippen LogP contribution in [-0.2, 0) is 10.0 Å². The first-order valence-electron chi connectivity index (χ1n) is 8.39. The van der Waals surface area contributed by atoms with E-state index in [-0.39, 0.29) is 17.5 Å². The predicted molar refractivity (Wildman–Crippen MR) is 94.0 cm³/mol. The van der Waals surface area contributed by atoms with Crippen LogP contribution >= 0.6 is 0 Å². The molecule has 0 aliphatic carbocycles. The second-order valence-corrected chi connectivity index (χ2v) is 8.67. The number of hydrogen-bond acceptors (Lipinski definition) is 4. The molecule has 1 N–H and O–H groups in total. The number of halogens is 1. The Kier molecular flexibility index (Phi) is 6.36. The number of benzene rings is 1. The largest absolute Gasteiger partial charge is 0.304 e. The Balaban J connectivity index is 2.08. The maximum absolute atomic E-state index is 14.0. The van der Waals surface area contributed by atoms with Gasteiger partial charge in [-0.2, -0.15) is 0 Å². The Morgan fingerprint density at radius 3 is 2.38 bits per heavy atom. The molecular weight excluding hydrogens is 329 g/mol. The van der Waals surface area contributed by atoms with Crippen molar-refractivity contribution in [3.8, 4) is 0 Å². The molecule has 136 valence electrons. The first-order valence-corrected chi connectivity index (χ1v) is 9.87. The number of sulfonamides is 1. The van der Waals surface area contributed by atoms with Crippen molar-refractivity contribution < 1.29 is 12.8 Å².